The van der Waals surface area contributed by atoms with Gasteiger partial charge in [0.15, 0.2) is 0 Å². The van der Waals surface area contributed by atoms with Crippen molar-refractivity contribution in [1.29, 1.82) is 0 Å². The van der Waals surface area contributed by atoms with Gasteiger partial charge in [0.05, 0.1) is 10.9 Å². The first-order valence-electron chi connectivity index (χ1n) is 7.01. The number of hydrogen-bond acceptors (Lipinski definition) is 2. The van der Waals surface area contributed by atoms with E-state index >= 15 is 0 Å². The van der Waals surface area contributed by atoms with Gasteiger partial charge in [0.2, 0.25) is 10.0 Å². The van der Waals surface area contributed by atoms with Crippen LogP contribution in [0.5, 0.6) is 0 Å². The third-order valence-corrected chi connectivity index (χ3v) is 5.72. The Morgan fingerprint density at radius 2 is 1.64 bits per heavy atom. The van der Waals surface area contributed by atoms with Crippen LogP contribution in [0.2, 0.25) is 0 Å². The Hall–Kier alpha value is -1.79. The monoisotopic (exact) mass is 323 g/mol. The first-order chi connectivity index (χ1) is 10.5. The van der Waals surface area contributed by atoms with E-state index in [1.807, 2.05) is 30.3 Å². The zero-order valence-electron chi connectivity index (χ0n) is 11.7. The highest BCUT2D eigenvalue weighted by atomic mass is 32.2. The molecule has 0 bridgehead atoms. The molecule has 1 saturated heterocycles. The minimum absolute atomic E-state index is 0.294. The summed E-state index contributed by atoms with van der Waals surface area (Å²) in [5.41, 5.74) is 0.889. The molecular formula is C16H15F2NO2S. The molecule has 2 aromatic rings. The number of halogens is 2. The van der Waals surface area contributed by atoms with Gasteiger partial charge >= 0.3 is 0 Å². The van der Waals surface area contributed by atoms with Gasteiger partial charge in [-0.2, -0.15) is 4.31 Å². The van der Waals surface area contributed by atoms with Gasteiger partial charge in [-0.15, -0.1) is 0 Å². The average molecular weight is 323 g/mol. The topological polar surface area (TPSA) is 37.4 Å². The van der Waals surface area contributed by atoms with Gasteiger partial charge in [-0.1, -0.05) is 30.3 Å². The predicted octanol–water partition coefficient (Wildman–Crippen LogP) is 3.49. The number of nitrogens with zero attached hydrogens (tertiary/aromatic N) is 1. The zero-order chi connectivity index (χ0) is 15.7. The normalized spacial score (nSPS) is 19.5. The van der Waals surface area contributed by atoms with Crippen molar-refractivity contribution >= 4 is 10.0 Å². The summed E-state index contributed by atoms with van der Waals surface area (Å²) in [6, 6.07) is 11.4. The molecule has 1 aliphatic heterocycles. The number of rotatable bonds is 3. The lowest BCUT2D eigenvalue weighted by Gasteiger charge is -2.24. The molecule has 0 saturated carbocycles. The van der Waals surface area contributed by atoms with Gasteiger partial charge in [0.1, 0.15) is 11.6 Å². The summed E-state index contributed by atoms with van der Waals surface area (Å²) in [6.07, 6.45) is 1.41. The molecule has 1 aliphatic rings. The molecule has 0 spiro atoms. The molecule has 6 heteroatoms. The summed E-state index contributed by atoms with van der Waals surface area (Å²) in [6.45, 7) is 0.347. The molecule has 116 valence electrons. The Balaban J connectivity index is 2.01. The minimum atomic E-state index is -3.93. The number of hydrogen-bond donors (Lipinski definition) is 0. The second-order valence-electron chi connectivity index (χ2n) is 5.29. The lowest BCUT2D eigenvalue weighted by atomic mass is 10.1. The lowest BCUT2D eigenvalue weighted by molar-refractivity contribution is 0.396. The molecule has 0 N–H and O–H groups in total. The van der Waals surface area contributed by atoms with Crippen LogP contribution in [0.15, 0.2) is 53.4 Å². The SMILES string of the molecule is O=S(=O)(c1cc(F)cc(F)c1)N1CCC[C@H]1c1ccccc1. The highest BCUT2D eigenvalue weighted by Gasteiger charge is 2.36. The average Bonchev–Trinajstić information content (AvgIpc) is 2.97. The summed E-state index contributed by atoms with van der Waals surface area (Å²) >= 11 is 0. The van der Waals surface area contributed by atoms with Crippen molar-refractivity contribution in [2.75, 3.05) is 6.54 Å². The molecule has 0 aromatic heterocycles. The van der Waals surface area contributed by atoms with Gasteiger partial charge in [-0.05, 0) is 30.5 Å². The highest BCUT2D eigenvalue weighted by molar-refractivity contribution is 7.89. The van der Waals surface area contributed by atoms with Gasteiger partial charge < -0.3 is 0 Å². The van der Waals surface area contributed by atoms with E-state index in [1.54, 1.807) is 0 Å². The Bertz CT molecular complexity index is 758. The van der Waals surface area contributed by atoms with Crippen LogP contribution in [0.3, 0.4) is 0 Å². The second-order valence-corrected chi connectivity index (χ2v) is 7.18. The molecule has 2 aromatic carbocycles. The van der Waals surface area contributed by atoms with Crippen LogP contribution in [-0.4, -0.2) is 19.3 Å². The molecule has 1 atom stereocenters. The number of sulfonamides is 1. The fourth-order valence-corrected chi connectivity index (χ4v) is 4.57. The van der Waals surface area contributed by atoms with E-state index in [0.29, 0.717) is 19.0 Å². The van der Waals surface area contributed by atoms with E-state index in [0.717, 1.165) is 24.1 Å². The van der Waals surface area contributed by atoms with Crippen molar-refractivity contribution in [1.82, 2.24) is 4.31 Å². The molecule has 3 rings (SSSR count). The third kappa shape index (κ3) is 2.76. The van der Waals surface area contributed by atoms with E-state index in [-0.39, 0.29) is 10.9 Å². The summed E-state index contributed by atoms with van der Waals surface area (Å²) in [7, 11) is -3.93. The lowest BCUT2D eigenvalue weighted by Crippen LogP contribution is -2.30. The molecule has 3 nitrogen and oxygen atoms in total. The molecule has 22 heavy (non-hydrogen) atoms. The largest absolute Gasteiger partial charge is 0.243 e. The van der Waals surface area contributed by atoms with Gasteiger partial charge in [0, 0.05) is 12.6 Å². The maximum atomic E-state index is 13.3. The Labute approximate surface area is 128 Å². The van der Waals surface area contributed by atoms with Crippen LogP contribution in [0.4, 0.5) is 8.78 Å². The van der Waals surface area contributed by atoms with Crippen LogP contribution in [0.25, 0.3) is 0 Å². The standard InChI is InChI=1S/C16H15F2NO2S/c17-13-9-14(18)11-15(10-13)22(20,21)19-8-4-7-16(19)12-5-2-1-3-6-12/h1-3,5-6,9-11,16H,4,7-8H2/t16-/m0/s1. The first-order valence-corrected chi connectivity index (χ1v) is 8.45. The van der Waals surface area contributed by atoms with E-state index in [2.05, 4.69) is 0 Å². The summed E-state index contributed by atoms with van der Waals surface area (Å²) in [4.78, 5) is -0.340. The van der Waals surface area contributed by atoms with E-state index in [4.69, 9.17) is 0 Å². The first kappa shape index (κ1) is 15.1. The van der Waals surface area contributed by atoms with Gasteiger partial charge in [-0.25, -0.2) is 17.2 Å². The highest BCUT2D eigenvalue weighted by Crippen LogP contribution is 2.36. The smallest absolute Gasteiger partial charge is 0.207 e. The molecule has 0 amide bonds. The second kappa shape index (κ2) is 5.78. The van der Waals surface area contributed by atoms with Crippen LogP contribution in [0, 0.1) is 11.6 Å². The maximum absolute atomic E-state index is 13.3. The Morgan fingerprint density at radius 3 is 2.27 bits per heavy atom. The van der Waals surface area contributed by atoms with Crippen LogP contribution in [0.1, 0.15) is 24.4 Å². The molecule has 1 heterocycles. The molecule has 0 unspecified atom stereocenters. The Morgan fingerprint density at radius 1 is 1.00 bits per heavy atom. The maximum Gasteiger partial charge on any atom is 0.243 e. The van der Waals surface area contributed by atoms with E-state index in [1.165, 1.54) is 4.31 Å². The van der Waals surface area contributed by atoms with Crippen molar-refractivity contribution < 1.29 is 17.2 Å². The fourth-order valence-electron chi connectivity index (χ4n) is 2.85. The van der Waals surface area contributed by atoms with Crippen molar-refractivity contribution in [3.63, 3.8) is 0 Å². The summed E-state index contributed by atoms with van der Waals surface area (Å²) in [5.74, 6) is -1.79. The third-order valence-electron chi connectivity index (χ3n) is 3.83. The summed E-state index contributed by atoms with van der Waals surface area (Å²) < 4.78 is 53.4. The van der Waals surface area contributed by atoms with Crippen LogP contribution < -0.4 is 0 Å². The molecule has 0 radical (unpaired) electrons. The van der Waals surface area contributed by atoms with E-state index in [9.17, 15) is 17.2 Å². The van der Waals surface area contributed by atoms with Crippen molar-refractivity contribution in [2.24, 2.45) is 0 Å². The van der Waals surface area contributed by atoms with Crippen LogP contribution in [-0.2, 0) is 10.0 Å². The summed E-state index contributed by atoms with van der Waals surface area (Å²) in [5, 5.41) is 0. The quantitative estimate of drug-likeness (QED) is 0.867. The number of benzene rings is 2. The van der Waals surface area contributed by atoms with Crippen LogP contribution >= 0.6 is 0 Å². The fraction of sp³-hybridized carbons (Fsp3) is 0.250. The molecular weight excluding hydrogens is 308 g/mol. The van der Waals surface area contributed by atoms with Crippen molar-refractivity contribution in [2.45, 2.75) is 23.8 Å². The van der Waals surface area contributed by atoms with Crippen molar-refractivity contribution in [3.05, 3.63) is 65.7 Å². The minimum Gasteiger partial charge on any atom is -0.207 e. The molecule has 1 fully saturated rings. The Kier molecular flexibility index (Phi) is 3.97. The van der Waals surface area contributed by atoms with Crippen molar-refractivity contribution in [3.8, 4) is 0 Å². The zero-order valence-corrected chi connectivity index (χ0v) is 12.6. The predicted molar refractivity (Wildman–Crippen MR) is 78.7 cm³/mol. The van der Waals surface area contributed by atoms with Gasteiger partial charge in [-0.3, -0.25) is 0 Å². The van der Waals surface area contributed by atoms with Gasteiger partial charge in [0.25, 0.3) is 0 Å². The molecule has 0 aliphatic carbocycles. The van der Waals surface area contributed by atoms with E-state index < -0.39 is 21.7 Å².